The van der Waals surface area contributed by atoms with Crippen molar-refractivity contribution in [2.45, 2.75) is 64.6 Å². The van der Waals surface area contributed by atoms with Crippen LogP contribution in [0.25, 0.3) is 0 Å². The quantitative estimate of drug-likeness (QED) is 0.144. The van der Waals surface area contributed by atoms with Gasteiger partial charge in [-0.25, -0.2) is 0 Å². The van der Waals surface area contributed by atoms with Crippen molar-refractivity contribution >= 4 is 24.5 Å². The van der Waals surface area contributed by atoms with Crippen molar-refractivity contribution in [1.82, 2.24) is 4.90 Å². The number of hydrogen-bond donors (Lipinski definition) is 2. The third kappa shape index (κ3) is 13.4. The summed E-state index contributed by atoms with van der Waals surface area (Å²) in [6, 6.07) is 7.92. The van der Waals surface area contributed by atoms with E-state index in [4.69, 9.17) is 14.2 Å². The predicted molar refractivity (Wildman–Crippen MR) is 159 cm³/mol. The van der Waals surface area contributed by atoms with Crippen LogP contribution in [0.1, 0.15) is 52.4 Å². The second-order valence-electron chi connectivity index (χ2n) is 9.91. The highest BCUT2D eigenvalue weighted by molar-refractivity contribution is 5.97. The number of carbonyl (C=O) groups is 2. The summed E-state index contributed by atoms with van der Waals surface area (Å²) in [5.74, 6) is 0.0683. The monoisotopic (exact) mass is 581 g/mol. The summed E-state index contributed by atoms with van der Waals surface area (Å²) >= 11 is 0. The van der Waals surface area contributed by atoms with Gasteiger partial charge in [0.15, 0.2) is 5.78 Å². The number of ether oxygens (including phenoxy) is 3. The van der Waals surface area contributed by atoms with Gasteiger partial charge in [0.05, 0.1) is 38.4 Å². The van der Waals surface area contributed by atoms with Gasteiger partial charge in [-0.2, -0.15) is 0 Å². The molecule has 0 bridgehead atoms. The molecule has 40 heavy (non-hydrogen) atoms. The maximum Gasteiger partial charge on any atom is 0.174 e. The molecule has 1 saturated heterocycles. The number of aliphatic hydroxyl groups is 2. The van der Waals surface area contributed by atoms with Crippen molar-refractivity contribution in [2.75, 3.05) is 46.1 Å². The first-order chi connectivity index (χ1) is 19.0. The molecular formula is C31H48ClNO7. The second-order valence-corrected chi connectivity index (χ2v) is 9.91. The van der Waals surface area contributed by atoms with Crippen molar-refractivity contribution in [3.05, 3.63) is 48.6 Å². The number of aliphatic hydroxyl groups excluding tert-OH is 2. The lowest BCUT2D eigenvalue weighted by atomic mass is 9.76. The van der Waals surface area contributed by atoms with Gasteiger partial charge in [0.1, 0.15) is 23.9 Å². The first kappa shape index (κ1) is 35.8. The Bertz CT molecular complexity index is 871. The second kappa shape index (κ2) is 21.5. The largest absolute Gasteiger partial charge is 0.494 e. The zero-order valence-corrected chi connectivity index (χ0v) is 24.8. The summed E-state index contributed by atoms with van der Waals surface area (Å²) in [7, 11) is 0. The van der Waals surface area contributed by atoms with Crippen molar-refractivity contribution in [3.8, 4) is 11.5 Å². The standard InChI is InChI=1S/C17H27NO3.C14H20O4.ClH/c1-2-3-12-20-16-5-7-17(8-6-16)21-13-4-9-18-10-14-19-15-11-18;1-2-3-4-5-6-7-10-8-12(16)14(18)13(17)11(10)9-15;/h5-8H,2-4,9-15H2,1H3;4-7,9-12,14,16,18H,2-3,8H2,1H3;1H. The molecule has 2 fully saturated rings. The van der Waals surface area contributed by atoms with Gasteiger partial charge in [0.25, 0.3) is 0 Å². The molecule has 8 nitrogen and oxygen atoms in total. The molecule has 9 heteroatoms. The lowest BCUT2D eigenvalue weighted by molar-refractivity contribution is -0.146. The molecule has 2 N–H and O–H groups in total. The SMILES string of the molecule is CCCC=CC=CC1CC(O)C(O)C(=O)C1C=O.CCCCOc1ccc(OCCCN2CCOCC2)cc1.Cl. The highest BCUT2D eigenvalue weighted by atomic mass is 35.5. The van der Waals surface area contributed by atoms with Crippen LogP contribution in [0.4, 0.5) is 0 Å². The van der Waals surface area contributed by atoms with Gasteiger partial charge in [-0.1, -0.05) is 51.0 Å². The van der Waals surface area contributed by atoms with E-state index in [0.717, 1.165) is 89.7 Å². The van der Waals surface area contributed by atoms with E-state index in [1.54, 1.807) is 12.2 Å². The van der Waals surface area contributed by atoms with Gasteiger partial charge in [0.2, 0.25) is 0 Å². The fourth-order valence-corrected chi connectivity index (χ4v) is 4.34. The molecule has 3 rings (SSSR count). The molecule has 0 radical (unpaired) electrons. The van der Waals surface area contributed by atoms with Crippen LogP contribution in [0.3, 0.4) is 0 Å². The number of aldehydes is 1. The Morgan fingerprint density at radius 1 is 0.975 bits per heavy atom. The Kier molecular flexibility index (Phi) is 19.2. The Labute approximate surface area is 245 Å². The Morgan fingerprint density at radius 3 is 2.17 bits per heavy atom. The Hall–Kier alpha value is -2.23. The van der Waals surface area contributed by atoms with Gasteiger partial charge in [0, 0.05) is 19.6 Å². The molecule has 1 aromatic carbocycles. The van der Waals surface area contributed by atoms with Crippen LogP contribution >= 0.6 is 12.4 Å². The van der Waals surface area contributed by atoms with Crippen LogP contribution < -0.4 is 9.47 Å². The summed E-state index contributed by atoms with van der Waals surface area (Å²) in [5, 5.41) is 18.9. The molecule has 1 aromatic rings. The number of unbranched alkanes of at least 4 members (excludes halogenated alkanes) is 2. The maximum absolute atomic E-state index is 11.6. The van der Waals surface area contributed by atoms with E-state index < -0.39 is 23.9 Å². The predicted octanol–water partition coefficient (Wildman–Crippen LogP) is 4.41. The molecule has 0 amide bonds. The topological polar surface area (TPSA) is 106 Å². The fraction of sp³-hybridized carbons (Fsp3) is 0.613. The van der Waals surface area contributed by atoms with E-state index in [1.165, 1.54) is 0 Å². The zero-order chi connectivity index (χ0) is 28.3. The van der Waals surface area contributed by atoms with Crippen LogP contribution in [-0.4, -0.2) is 85.5 Å². The number of hydrogen-bond acceptors (Lipinski definition) is 8. The number of Topliss-reactive ketones (excluding diaryl/α,β-unsaturated/α-hetero) is 1. The highest BCUT2D eigenvalue weighted by Gasteiger charge is 2.41. The minimum Gasteiger partial charge on any atom is -0.494 e. The molecule has 0 spiro atoms. The van der Waals surface area contributed by atoms with Gasteiger partial charge >= 0.3 is 0 Å². The third-order valence-corrected chi connectivity index (χ3v) is 6.75. The zero-order valence-electron chi connectivity index (χ0n) is 24.0. The molecule has 0 aromatic heterocycles. The third-order valence-electron chi connectivity index (χ3n) is 6.75. The van der Waals surface area contributed by atoms with Crippen molar-refractivity contribution in [1.29, 1.82) is 0 Å². The summed E-state index contributed by atoms with van der Waals surface area (Å²) in [5.41, 5.74) is 0. The lowest BCUT2D eigenvalue weighted by Crippen LogP contribution is -2.47. The van der Waals surface area contributed by atoms with Crippen molar-refractivity contribution in [2.24, 2.45) is 11.8 Å². The van der Waals surface area contributed by atoms with Crippen LogP contribution in [0.2, 0.25) is 0 Å². The number of rotatable bonds is 14. The summed E-state index contributed by atoms with van der Waals surface area (Å²) in [6.07, 6.45) is 11.0. The van der Waals surface area contributed by atoms with E-state index in [1.807, 2.05) is 36.4 Å². The molecule has 1 aliphatic carbocycles. The minimum absolute atomic E-state index is 0. The van der Waals surface area contributed by atoms with E-state index in [0.29, 0.717) is 6.29 Å². The fourth-order valence-electron chi connectivity index (χ4n) is 4.34. The highest BCUT2D eigenvalue weighted by Crippen LogP contribution is 2.28. The van der Waals surface area contributed by atoms with Gasteiger partial charge in [-0.05, 0) is 55.9 Å². The minimum atomic E-state index is -1.43. The van der Waals surface area contributed by atoms with Crippen LogP contribution in [0.15, 0.2) is 48.6 Å². The molecule has 226 valence electrons. The lowest BCUT2D eigenvalue weighted by Gasteiger charge is -2.31. The summed E-state index contributed by atoms with van der Waals surface area (Å²) in [4.78, 5) is 24.9. The van der Waals surface area contributed by atoms with E-state index >= 15 is 0 Å². The van der Waals surface area contributed by atoms with Gasteiger partial charge in [-0.15, -0.1) is 12.4 Å². The Balaban J connectivity index is 0.000000395. The Morgan fingerprint density at radius 2 is 1.60 bits per heavy atom. The number of benzene rings is 1. The molecule has 1 aliphatic heterocycles. The maximum atomic E-state index is 11.6. The molecule has 1 saturated carbocycles. The summed E-state index contributed by atoms with van der Waals surface area (Å²) in [6.45, 7) is 10.7. The van der Waals surface area contributed by atoms with Gasteiger partial charge < -0.3 is 29.2 Å². The normalized spacial score (nSPS) is 23.4. The van der Waals surface area contributed by atoms with Crippen LogP contribution in [-0.2, 0) is 14.3 Å². The number of nitrogens with zero attached hydrogens (tertiary/aromatic N) is 1. The molecule has 4 atom stereocenters. The number of morpholine rings is 1. The number of carbonyl (C=O) groups excluding carboxylic acids is 2. The smallest absolute Gasteiger partial charge is 0.174 e. The van der Waals surface area contributed by atoms with E-state index in [2.05, 4.69) is 18.7 Å². The summed E-state index contributed by atoms with van der Waals surface area (Å²) < 4.78 is 16.7. The van der Waals surface area contributed by atoms with Crippen molar-refractivity contribution < 1.29 is 34.0 Å². The average molecular weight is 582 g/mol. The van der Waals surface area contributed by atoms with Gasteiger partial charge in [-0.3, -0.25) is 9.69 Å². The molecular weight excluding hydrogens is 534 g/mol. The number of ketones is 1. The van der Waals surface area contributed by atoms with Crippen LogP contribution in [0.5, 0.6) is 11.5 Å². The number of allylic oxidation sites excluding steroid dienone is 4. The van der Waals surface area contributed by atoms with E-state index in [-0.39, 0.29) is 24.7 Å². The van der Waals surface area contributed by atoms with E-state index in [9.17, 15) is 19.8 Å². The number of halogens is 1. The molecule has 4 unspecified atom stereocenters. The first-order valence-corrected chi connectivity index (χ1v) is 14.3. The molecule has 1 heterocycles. The first-order valence-electron chi connectivity index (χ1n) is 14.3. The van der Waals surface area contributed by atoms with Crippen molar-refractivity contribution in [3.63, 3.8) is 0 Å². The molecule has 2 aliphatic rings. The van der Waals surface area contributed by atoms with Crippen LogP contribution in [0, 0.1) is 11.8 Å². The average Bonchev–Trinajstić information content (AvgIpc) is 2.96.